The van der Waals surface area contributed by atoms with Crippen LogP contribution in [-0.4, -0.2) is 10.1 Å². The summed E-state index contributed by atoms with van der Waals surface area (Å²) in [5.41, 5.74) is 6.01. The van der Waals surface area contributed by atoms with Crippen molar-refractivity contribution in [3.63, 3.8) is 0 Å². The Morgan fingerprint density at radius 1 is 1.30 bits per heavy atom. The van der Waals surface area contributed by atoms with Crippen molar-refractivity contribution in [1.82, 2.24) is 10.1 Å². The molecule has 108 valence electrons. The van der Waals surface area contributed by atoms with Crippen molar-refractivity contribution in [3.8, 4) is 11.5 Å². The molecular formula is C13H14BrClFN3O. The lowest BCUT2D eigenvalue weighted by molar-refractivity contribution is 0.372. The molecule has 0 atom stereocenters. The fourth-order valence-corrected chi connectivity index (χ4v) is 2.80. The fraction of sp³-hybridized carbons (Fsp3) is 0.385. The van der Waals surface area contributed by atoms with Gasteiger partial charge in [-0.05, 0) is 40.9 Å². The Hall–Kier alpha value is -0.980. The molecule has 1 heterocycles. The summed E-state index contributed by atoms with van der Waals surface area (Å²) in [4.78, 5) is 4.27. The highest BCUT2D eigenvalue weighted by Crippen LogP contribution is 2.36. The molecule has 0 bridgehead atoms. The van der Waals surface area contributed by atoms with Gasteiger partial charge in [0.05, 0.1) is 15.6 Å². The number of rotatable bonds is 2. The lowest BCUT2D eigenvalue weighted by Gasteiger charge is -2.17. The van der Waals surface area contributed by atoms with E-state index >= 15 is 0 Å². The van der Waals surface area contributed by atoms with Crippen LogP contribution in [0, 0.1) is 5.82 Å². The fourth-order valence-electron chi connectivity index (χ4n) is 2.43. The highest BCUT2D eigenvalue weighted by Gasteiger charge is 2.36. The summed E-state index contributed by atoms with van der Waals surface area (Å²) in [5.74, 6) is 0.236. The second kappa shape index (κ2) is 5.79. The first-order chi connectivity index (χ1) is 9.10. The Balaban J connectivity index is 0.00000147. The maximum Gasteiger partial charge on any atom is 0.261 e. The quantitative estimate of drug-likeness (QED) is 0.883. The SMILES string of the molecule is Cl.NC1(c2noc(-c3cccc(Br)c3F)n2)CCCC1. The van der Waals surface area contributed by atoms with E-state index in [0.717, 1.165) is 25.7 Å². The van der Waals surface area contributed by atoms with Gasteiger partial charge in [-0.2, -0.15) is 4.98 Å². The van der Waals surface area contributed by atoms with Crippen molar-refractivity contribution in [1.29, 1.82) is 0 Å². The normalized spacial score (nSPS) is 16.9. The third-order valence-corrected chi connectivity index (χ3v) is 4.16. The molecule has 20 heavy (non-hydrogen) atoms. The Morgan fingerprint density at radius 2 is 2.00 bits per heavy atom. The third kappa shape index (κ3) is 2.60. The van der Waals surface area contributed by atoms with Gasteiger partial charge in [0.15, 0.2) is 5.82 Å². The van der Waals surface area contributed by atoms with Gasteiger partial charge in [-0.15, -0.1) is 12.4 Å². The zero-order chi connectivity index (χ0) is 13.5. The molecule has 1 aliphatic carbocycles. The first-order valence-corrected chi connectivity index (χ1v) is 6.97. The van der Waals surface area contributed by atoms with E-state index in [9.17, 15) is 4.39 Å². The van der Waals surface area contributed by atoms with Crippen LogP contribution in [-0.2, 0) is 5.54 Å². The summed E-state index contributed by atoms with van der Waals surface area (Å²) in [7, 11) is 0. The van der Waals surface area contributed by atoms with Gasteiger partial charge in [-0.25, -0.2) is 4.39 Å². The topological polar surface area (TPSA) is 64.9 Å². The molecule has 7 heteroatoms. The van der Waals surface area contributed by atoms with Crippen molar-refractivity contribution in [2.75, 3.05) is 0 Å². The van der Waals surface area contributed by atoms with E-state index in [4.69, 9.17) is 10.3 Å². The molecule has 0 amide bonds. The number of aromatic nitrogens is 2. The average Bonchev–Trinajstić information content (AvgIpc) is 3.02. The molecule has 0 radical (unpaired) electrons. The molecule has 0 saturated heterocycles. The molecule has 1 aromatic carbocycles. The minimum atomic E-state index is -0.524. The van der Waals surface area contributed by atoms with Gasteiger partial charge in [0.2, 0.25) is 0 Å². The van der Waals surface area contributed by atoms with E-state index < -0.39 is 11.4 Å². The molecule has 3 rings (SSSR count). The number of hydrogen-bond acceptors (Lipinski definition) is 4. The van der Waals surface area contributed by atoms with Gasteiger partial charge >= 0.3 is 0 Å². The monoisotopic (exact) mass is 361 g/mol. The Labute approximate surface area is 130 Å². The summed E-state index contributed by atoms with van der Waals surface area (Å²) in [6.07, 6.45) is 3.80. The molecule has 1 saturated carbocycles. The summed E-state index contributed by atoms with van der Waals surface area (Å²) in [6, 6.07) is 4.95. The maximum atomic E-state index is 14.0. The third-order valence-electron chi connectivity index (χ3n) is 3.55. The number of halogens is 3. The Morgan fingerprint density at radius 3 is 2.70 bits per heavy atom. The zero-order valence-electron chi connectivity index (χ0n) is 10.6. The van der Waals surface area contributed by atoms with Gasteiger partial charge in [0.25, 0.3) is 5.89 Å². The highest BCUT2D eigenvalue weighted by molar-refractivity contribution is 9.10. The van der Waals surface area contributed by atoms with Crippen molar-refractivity contribution in [2.45, 2.75) is 31.2 Å². The van der Waals surface area contributed by atoms with E-state index in [2.05, 4.69) is 26.1 Å². The number of hydrogen-bond donors (Lipinski definition) is 1. The van der Waals surface area contributed by atoms with Crippen LogP contribution < -0.4 is 5.73 Å². The van der Waals surface area contributed by atoms with Crippen molar-refractivity contribution >= 4 is 28.3 Å². The lowest BCUT2D eigenvalue weighted by atomic mass is 9.99. The predicted molar refractivity (Wildman–Crippen MR) is 79.0 cm³/mol. The second-order valence-electron chi connectivity index (χ2n) is 4.89. The molecular weight excluding hydrogens is 349 g/mol. The molecule has 0 unspecified atom stereocenters. The van der Waals surface area contributed by atoms with Crippen LogP contribution in [0.4, 0.5) is 4.39 Å². The van der Waals surface area contributed by atoms with Crippen LogP contribution in [0.25, 0.3) is 11.5 Å². The largest absolute Gasteiger partial charge is 0.334 e. The number of benzene rings is 1. The van der Waals surface area contributed by atoms with Crippen LogP contribution in [0.15, 0.2) is 27.2 Å². The summed E-state index contributed by atoms with van der Waals surface area (Å²) in [5, 5.41) is 3.92. The summed E-state index contributed by atoms with van der Waals surface area (Å²) >= 11 is 3.14. The number of nitrogens with zero attached hydrogens (tertiary/aromatic N) is 2. The predicted octanol–water partition coefficient (Wildman–Crippen LogP) is 3.79. The van der Waals surface area contributed by atoms with Gasteiger partial charge in [-0.3, -0.25) is 0 Å². The van der Waals surface area contributed by atoms with Gasteiger partial charge < -0.3 is 10.3 Å². The van der Waals surface area contributed by atoms with E-state index in [0.29, 0.717) is 10.3 Å². The summed E-state index contributed by atoms with van der Waals surface area (Å²) < 4.78 is 19.5. The van der Waals surface area contributed by atoms with Crippen molar-refractivity contribution < 1.29 is 8.91 Å². The van der Waals surface area contributed by atoms with Gasteiger partial charge in [0, 0.05) is 0 Å². The minimum absolute atomic E-state index is 0. The molecule has 2 aromatic rings. The van der Waals surface area contributed by atoms with E-state index in [1.54, 1.807) is 18.2 Å². The average molecular weight is 363 g/mol. The molecule has 1 fully saturated rings. The molecule has 0 aliphatic heterocycles. The van der Waals surface area contributed by atoms with E-state index in [-0.39, 0.29) is 23.9 Å². The lowest BCUT2D eigenvalue weighted by Crippen LogP contribution is -2.34. The second-order valence-corrected chi connectivity index (χ2v) is 5.74. The molecule has 1 aliphatic rings. The van der Waals surface area contributed by atoms with Crippen LogP contribution in [0.1, 0.15) is 31.5 Å². The molecule has 4 nitrogen and oxygen atoms in total. The van der Waals surface area contributed by atoms with E-state index in [1.807, 2.05) is 0 Å². The van der Waals surface area contributed by atoms with Crippen LogP contribution in [0.3, 0.4) is 0 Å². The minimum Gasteiger partial charge on any atom is -0.334 e. The standard InChI is InChI=1S/C13H13BrFN3O.ClH/c14-9-5-3-4-8(10(9)15)11-17-12(18-19-11)13(16)6-1-2-7-13;/h3-5H,1-2,6-7,16H2;1H. The molecule has 2 N–H and O–H groups in total. The van der Waals surface area contributed by atoms with Crippen molar-refractivity contribution in [2.24, 2.45) is 5.73 Å². The van der Waals surface area contributed by atoms with Gasteiger partial charge in [-0.1, -0.05) is 24.1 Å². The van der Waals surface area contributed by atoms with Gasteiger partial charge in [0.1, 0.15) is 5.82 Å². The molecule has 1 aromatic heterocycles. The Kier molecular flexibility index (Phi) is 4.46. The molecule has 0 spiro atoms. The first-order valence-electron chi connectivity index (χ1n) is 6.18. The summed E-state index contributed by atoms with van der Waals surface area (Å²) in [6.45, 7) is 0. The van der Waals surface area contributed by atoms with Crippen molar-refractivity contribution in [3.05, 3.63) is 34.3 Å². The maximum absolute atomic E-state index is 14.0. The first kappa shape index (κ1) is 15.4. The van der Waals surface area contributed by atoms with E-state index in [1.165, 1.54) is 0 Å². The van der Waals surface area contributed by atoms with Crippen LogP contribution in [0.5, 0.6) is 0 Å². The van der Waals surface area contributed by atoms with Crippen LogP contribution >= 0.6 is 28.3 Å². The highest BCUT2D eigenvalue weighted by atomic mass is 79.9. The van der Waals surface area contributed by atoms with Crippen LogP contribution in [0.2, 0.25) is 0 Å². The number of nitrogens with two attached hydrogens (primary N) is 1. The smallest absolute Gasteiger partial charge is 0.261 e. The Bertz CT molecular complexity index is 613. The zero-order valence-corrected chi connectivity index (χ0v) is 13.0.